The van der Waals surface area contributed by atoms with E-state index in [2.05, 4.69) is 0 Å². The van der Waals surface area contributed by atoms with E-state index in [-0.39, 0.29) is 42.7 Å². The van der Waals surface area contributed by atoms with Gasteiger partial charge in [-0.3, -0.25) is 14.9 Å². The van der Waals surface area contributed by atoms with Gasteiger partial charge in [0.2, 0.25) is 15.9 Å². The van der Waals surface area contributed by atoms with Gasteiger partial charge >= 0.3 is 0 Å². The fourth-order valence-electron chi connectivity index (χ4n) is 2.70. The van der Waals surface area contributed by atoms with Crippen molar-refractivity contribution in [1.29, 1.82) is 0 Å². The summed E-state index contributed by atoms with van der Waals surface area (Å²) in [5.74, 6) is -0.130. The van der Waals surface area contributed by atoms with Crippen molar-refractivity contribution in [2.45, 2.75) is 23.3 Å². The Kier molecular flexibility index (Phi) is 4.06. The van der Waals surface area contributed by atoms with E-state index < -0.39 is 20.5 Å². The minimum atomic E-state index is -3.83. The van der Waals surface area contributed by atoms with Crippen LogP contribution in [0.1, 0.15) is 12.8 Å². The average molecular weight is 354 g/mol. The molecule has 1 aliphatic carbocycles. The lowest BCUT2D eigenvalue weighted by Gasteiger charge is -2.35. The number of carbonyl (C=O) groups excluding carboxylic acids is 1. The van der Waals surface area contributed by atoms with E-state index in [1.54, 1.807) is 4.90 Å². The number of nitro benzene ring substituents is 1. The van der Waals surface area contributed by atoms with E-state index in [9.17, 15) is 23.3 Å². The molecular weight excluding hydrogens is 336 g/mol. The minimum absolute atomic E-state index is 0.117. The van der Waals surface area contributed by atoms with Gasteiger partial charge in [-0.1, -0.05) is 6.07 Å². The monoisotopic (exact) mass is 354 g/mol. The first-order valence-corrected chi connectivity index (χ1v) is 9.01. The number of nitrogens with zero attached hydrogens (tertiary/aromatic N) is 3. The standard InChI is InChI=1S/C14H18N4O5S/c15-14(4-5-14)13(19)16-6-8-17(9-7-16)24(22,23)12-3-1-2-11(10-12)18(20)21/h1-3,10H,4-9,15H2. The zero-order chi connectivity index (χ0) is 17.5. The van der Waals surface area contributed by atoms with Gasteiger partial charge in [0.25, 0.3) is 5.69 Å². The Morgan fingerprint density at radius 2 is 1.83 bits per heavy atom. The van der Waals surface area contributed by atoms with Crippen molar-refractivity contribution < 1.29 is 18.1 Å². The molecule has 0 radical (unpaired) electrons. The molecule has 1 aromatic rings. The Morgan fingerprint density at radius 3 is 2.38 bits per heavy atom. The summed E-state index contributed by atoms with van der Waals surface area (Å²) in [6.07, 6.45) is 1.33. The molecule has 0 unspecified atom stereocenters. The van der Waals surface area contributed by atoms with Crippen LogP contribution in [0.4, 0.5) is 5.69 Å². The molecule has 1 amide bonds. The van der Waals surface area contributed by atoms with Gasteiger partial charge in [-0.25, -0.2) is 8.42 Å². The molecule has 0 spiro atoms. The summed E-state index contributed by atoms with van der Waals surface area (Å²) in [6, 6.07) is 4.97. The first-order valence-electron chi connectivity index (χ1n) is 7.57. The lowest BCUT2D eigenvalue weighted by molar-refractivity contribution is -0.385. The zero-order valence-corrected chi connectivity index (χ0v) is 13.7. The van der Waals surface area contributed by atoms with Crippen LogP contribution in [-0.4, -0.2) is 60.2 Å². The quantitative estimate of drug-likeness (QED) is 0.595. The highest BCUT2D eigenvalue weighted by atomic mass is 32.2. The summed E-state index contributed by atoms with van der Waals surface area (Å²) in [7, 11) is -3.83. The fourth-order valence-corrected chi connectivity index (χ4v) is 4.16. The van der Waals surface area contributed by atoms with Crippen molar-refractivity contribution in [2.24, 2.45) is 5.73 Å². The molecule has 1 aliphatic heterocycles. The first kappa shape index (κ1) is 16.8. The van der Waals surface area contributed by atoms with Crippen LogP contribution in [0, 0.1) is 10.1 Å². The van der Waals surface area contributed by atoms with Crippen LogP contribution in [0.5, 0.6) is 0 Å². The maximum Gasteiger partial charge on any atom is 0.270 e. The SMILES string of the molecule is NC1(C(=O)N2CCN(S(=O)(=O)c3cccc([N+](=O)[O-])c3)CC2)CC1. The van der Waals surface area contributed by atoms with Gasteiger partial charge in [-0.2, -0.15) is 4.31 Å². The van der Waals surface area contributed by atoms with Crippen molar-refractivity contribution in [3.63, 3.8) is 0 Å². The topological polar surface area (TPSA) is 127 Å². The summed E-state index contributed by atoms with van der Waals surface area (Å²) in [5, 5.41) is 10.8. The largest absolute Gasteiger partial charge is 0.338 e. The first-order chi connectivity index (χ1) is 11.2. The molecule has 0 bridgehead atoms. The summed E-state index contributed by atoms with van der Waals surface area (Å²) >= 11 is 0. The van der Waals surface area contributed by atoms with Gasteiger partial charge < -0.3 is 10.6 Å². The van der Waals surface area contributed by atoms with Crippen molar-refractivity contribution >= 4 is 21.6 Å². The number of nitro groups is 1. The molecule has 0 atom stereocenters. The van der Waals surface area contributed by atoms with Crippen molar-refractivity contribution in [2.75, 3.05) is 26.2 Å². The molecule has 1 saturated heterocycles. The Morgan fingerprint density at radius 1 is 1.21 bits per heavy atom. The van der Waals surface area contributed by atoms with Gasteiger partial charge in [0.15, 0.2) is 0 Å². The molecule has 0 aromatic heterocycles. The minimum Gasteiger partial charge on any atom is -0.338 e. The van der Waals surface area contributed by atoms with E-state index in [1.165, 1.54) is 22.5 Å². The third-order valence-corrected chi connectivity index (χ3v) is 6.30. The number of hydrogen-bond acceptors (Lipinski definition) is 6. The second kappa shape index (κ2) is 5.80. The molecule has 130 valence electrons. The zero-order valence-electron chi connectivity index (χ0n) is 12.9. The van der Waals surface area contributed by atoms with Crippen molar-refractivity contribution in [3.8, 4) is 0 Å². The number of benzene rings is 1. The second-order valence-electron chi connectivity index (χ2n) is 6.11. The molecule has 1 heterocycles. The Labute approximate surface area is 139 Å². The van der Waals surface area contributed by atoms with E-state index in [0.29, 0.717) is 12.8 Å². The molecule has 24 heavy (non-hydrogen) atoms. The van der Waals surface area contributed by atoms with Crippen LogP contribution in [0.15, 0.2) is 29.2 Å². The number of hydrogen-bond donors (Lipinski definition) is 1. The predicted molar refractivity (Wildman–Crippen MR) is 84.6 cm³/mol. The second-order valence-corrected chi connectivity index (χ2v) is 8.04. The average Bonchev–Trinajstić information content (AvgIpc) is 3.33. The molecule has 2 aliphatic rings. The molecule has 9 nitrogen and oxygen atoms in total. The van der Waals surface area contributed by atoms with Gasteiger partial charge in [0, 0.05) is 38.3 Å². The number of carbonyl (C=O) groups is 1. The van der Waals surface area contributed by atoms with Crippen LogP contribution in [-0.2, 0) is 14.8 Å². The van der Waals surface area contributed by atoms with E-state index >= 15 is 0 Å². The van der Waals surface area contributed by atoms with Crippen LogP contribution < -0.4 is 5.73 Å². The summed E-state index contributed by atoms with van der Waals surface area (Å²) in [5.41, 5.74) is 4.85. The lowest BCUT2D eigenvalue weighted by Crippen LogP contribution is -2.55. The van der Waals surface area contributed by atoms with E-state index in [4.69, 9.17) is 5.73 Å². The number of piperazine rings is 1. The summed E-state index contributed by atoms with van der Waals surface area (Å²) in [6.45, 7) is 0.831. The summed E-state index contributed by atoms with van der Waals surface area (Å²) < 4.78 is 26.5. The third kappa shape index (κ3) is 2.99. The van der Waals surface area contributed by atoms with Crippen LogP contribution in [0.2, 0.25) is 0 Å². The van der Waals surface area contributed by atoms with Crippen LogP contribution in [0.3, 0.4) is 0 Å². The highest BCUT2D eigenvalue weighted by Gasteiger charge is 2.48. The smallest absolute Gasteiger partial charge is 0.270 e. The number of rotatable bonds is 4. The summed E-state index contributed by atoms with van der Waals surface area (Å²) in [4.78, 5) is 23.8. The highest BCUT2D eigenvalue weighted by Crippen LogP contribution is 2.34. The molecule has 1 saturated carbocycles. The third-order valence-electron chi connectivity index (χ3n) is 4.41. The fraction of sp³-hybridized carbons (Fsp3) is 0.500. The van der Waals surface area contributed by atoms with Crippen molar-refractivity contribution in [1.82, 2.24) is 9.21 Å². The lowest BCUT2D eigenvalue weighted by atomic mass is 10.2. The maximum absolute atomic E-state index is 12.6. The van der Waals surface area contributed by atoms with Crippen LogP contribution >= 0.6 is 0 Å². The number of amides is 1. The van der Waals surface area contributed by atoms with Crippen molar-refractivity contribution in [3.05, 3.63) is 34.4 Å². The molecule has 10 heteroatoms. The molecule has 2 fully saturated rings. The molecular formula is C14H18N4O5S. The molecule has 3 rings (SSSR count). The van der Waals surface area contributed by atoms with Gasteiger partial charge in [0.1, 0.15) is 0 Å². The highest BCUT2D eigenvalue weighted by molar-refractivity contribution is 7.89. The van der Waals surface area contributed by atoms with E-state index in [1.807, 2.05) is 0 Å². The Bertz CT molecular complexity index is 782. The Hall–Kier alpha value is -2.04. The van der Waals surface area contributed by atoms with Gasteiger partial charge in [-0.05, 0) is 18.9 Å². The number of nitrogens with two attached hydrogens (primary N) is 1. The number of sulfonamides is 1. The van der Waals surface area contributed by atoms with E-state index in [0.717, 1.165) is 6.07 Å². The van der Waals surface area contributed by atoms with Gasteiger partial charge in [-0.15, -0.1) is 0 Å². The normalized spacial score (nSPS) is 20.6. The predicted octanol–water partition coefficient (Wildman–Crippen LogP) is -0.0810. The van der Waals surface area contributed by atoms with Crippen LogP contribution in [0.25, 0.3) is 0 Å². The maximum atomic E-state index is 12.6. The Balaban J connectivity index is 1.72. The van der Waals surface area contributed by atoms with Gasteiger partial charge in [0.05, 0.1) is 15.4 Å². The molecule has 2 N–H and O–H groups in total. The molecule has 1 aromatic carbocycles. The number of non-ortho nitro benzene ring substituents is 1.